The van der Waals surface area contributed by atoms with Crippen LogP contribution in [-0.4, -0.2) is 35.0 Å². The van der Waals surface area contributed by atoms with Crippen LogP contribution in [0, 0.1) is 0 Å². The molecule has 92 valence electrons. The summed E-state index contributed by atoms with van der Waals surface area (Å²) in [4.78, 5) is 11.5. The molecule has 1 aromatic carbocycles. The van der Waals surface area contributed by atoms with Gasteiger partial charge in [-0.05, 0) is 0 Å². The molecule has 0 atom stereocenters. The Morgan fingerprint density at radius 1 is 1.35 bits per heavy atom. The van der Waals surface area contributed by atoms with Gasteiger partial charge in [-0.25, -0.2) is 4.79 Å². The number of aromatic hydroxyl groups is 2. The number of methoxy groups -OCH3 is 1. The van der Waals surface area contributed by atoms with E-state index in [1.807, 2.05) is 0 Å². The average molecular weight is 240 g/mol. The highest BCUT2D eigenvalue weighted by Gasteiger charge is 2.31. The summed E-state index contributed by atoms with van der Waals surface area (Å²) in [5.74, 6) is -1.36. The molecule has 0 aromatic heterocycles. The van der Waals surface area contributed by atoms with Crippen molar-refractivity contribution in [2.45, 2.75) is 13.0 Å². The first kappa shape index (κ1) is 11.5. The topological polar surface area (TPSA) is 96.2 Å². The third kappa shape index (κ3) is 1.57. The summed E-state index contributed by atoms with van der Waals surface area (Å²) in [7, 11) is 1.31. The molecular formula is C11H12O6. The Hall–Kier alpha value is -1.95. The molecule has 0 unspecified atom stereocenters. The van der Waals surface area contributed by atoms with Crippen molar-refractivity contribution in [3.63, 3.8) is 0 Å². The molecule has 2 rings (SSSR count). The second-order valence-electron chi connectivity index (χ2n) is 3.61. The van der Waals surface area contributed by atoms with E-state index in [0.29, 0.717) is 6.42 Å². The van der Waals surface area contributed by atoms with E-state index < -0.39 is 18.3 Å². The normalized spacial score (nSPS) is 14.1. The average Bonchev–Trinajstić information content (AvgIpc) is 2.33. The number of fused-ring (bicyclic) bond motifs is 1. The number of rotatable bonds is 2. The van der Waals surface area contributed by atoms with Crippen LogP contribution in [0.3, 0.4) is 0 Å². The van der Waals surface area contributed by atoms with Crippen LogP contribution in [0.2, 0.25) is 0 Å². The largest absolute Gasteiger partial charge is 0.507 e. The summed E-state index contributed by atoms with van der Waals surface area (Å²) >= 11 is 0. The Labute approximate surface area is 97.0 Å². The molecule has 17 heavy (non-hydrogen) atoms. The first-order chi connectivity index (χ1) is 8.11. The second kappa shape index (κ2) is 4.14. The molecule has 0 radical (unpaired) electrons. The highest BCUT2D eigenvalue weighted by atomic mass is 16.5. The Morgan fingerprint density at radius 3 is 2.65 bits per heavy atom. The quantitative estimate of drug-likeness (QED) is 0.508. The number of ether oxygens (including phenoxy) is 2. The maximum Gasteiger partial charge on any atom is 0.342 e. The van der Waals surface area contributed by atoms with Crippen LogP contribution >= 0.6 is 0 Å². The SMILES string of the molecule is COc1c(O)c2c(c(O)c1CO)C(=O)OCC2. The number of aliphatic hydroxyl groups is 1. The van der Waals surface area contributed by atoms with Gasteiger partial charge in [-0.3, -0.25) is 0 Å². The van der Waals surface area contributed by atoms with Crippen LogP contribution in [0.15, 0.2) is 0 Å². The van der Waals surface area contributed by atoms with E-state index in [4.69, 9.17) is 14.6 Å². The first-order valence-electron chi connectivity index (χ1n) is 5.03. The summed E-state index contributed by atoms with van der Waals surface area (Å²) in [6, 6.07) is 0. The zero-order valence-electron chi connectivity index (χ0n) is 9.19. The Bertz CT molecular complexity index is 480. The predicted octanol–water partition coefficient (Wildman–Crippen LogP) is 0.312. The van der Waals surface area contributed by atoms with Crippen molar-refractivity contribution in [1.29, 1.82) is 0 Å². The minimum absolute atomic E-state index is 0.0153. The Morgan fingerprint density at radius 2 is 2.06 bits per heavy atom. The van der Waals surface area contributed by atoms with Gasteiger partial charge in [0.05, 0.1) is 25.9 Å². The lowest BCUT2D eigenvalue weighted by Crippen LogP contribution is -2.19. The molecule has 6 heteroatoms. The summed E-state index contributed by atoms with van der Waals surface area (Å²) in [5, 5.41) is 29.0. The highest BCUT2D eigenvalue weighted by molar-refractivity contribution is 5.97. The zero-order valence-corrected chi connectivity index (χ0v) is 9.19. The number of carbonyl (C=O) groups is 1. The summed E-state index contributed by atoms with van der Waals surface area (Å²) in [6.07, 6.45) is 0.294. The number of phenolic OH excluding ortho intramolecular Hbond substituents is 1. The molecular weight excluding hydrogens is 228 g/mol. The van der Waals surface area contributed by atoms with Gasteiger partial charge in [0, 0.05) is 12.0 Å². The molecule has 0 amide bonds. The number of cyclic esters (lactones) is 1. The number of esters is 1. The minimum atomic E-state index is -0.712. The zero-order chi connectivity index (χ0) is 12.6. The first-order valence-corrected chi connectivity index (χ1v) is 5.03. The molecule has 0 bridgehead atoms. The van der Waals surface area contributed by atoms with Gasteiger partial charge in [-0.15, -0.1) is 0 Å². The van der Waals surface area contributed by atoms with Gasteiger partial charge in [0.2, 0.25) is 0 Å². The fraction of sp³-hybridized carbons (Fsp3) is 0.364. The predicted molar refractivity (Wildman–Crippen MR) is 56.2 cm³/mol. The Kier molecular flexibility index (Phi) is 2.81. The van der Waals surface area contributed by atoms with Crippen LogP contribution in [0.25, 0.3) is 0 Å². The summed E-state index contributed by atoms with van der Waals surface area (Å²) < 4.78 is 9.71. The molecule has 1 aliphatic rings. The summed E-state index contributed by atoms with van der Waals surface area (Å²) in [5.41, 5.74) is 0.161. The van der Waals surface area contributed by atoms with Gasteiger partial charge in [0.25, 0.3) is 0 Å². The smallest absolute Gasteiger partial charge is 0.342 e. The molecule has 3 N–H and O–H groups in total. The van der Waals surface area contributed by atoms with Crippen LogP contribution in [0.4, 0.5) is 0 Å². The monoisotopic (exact) mass is 240 g/mol. The lowest BCUT2D eigenvalue weighted by molar-refractivity contribution is 0.0473. The van der Waals surface area contributed by atoms with E-state index in [1.165, 1.54) is 7.11 Å². The van der Waals surface area contributed by atoms with Crippen molar-refractivity contribution in [2.24, 2.45) is 0 Å². The number of phenols is 2. The molecule has 0 aliphatic carbocycles. The van der Waals surface area contributed by atoms with Crippen molar-refractivity contribution in [3.05, 3.63) is 16.7 Å². The molecule has 0 saturated heterocycles. The van der Waals surface area contributed by atoms with Gasteiger partial charge < -0.3 is 24.8 Å². The highest BCUT2D eigenvalue weighted by Crippen LogP contribution is 2.44. The van der Waals surface area contributed by atoms with Gasteiger partial charge in [-0.2, -0.15) is 0 Å². The van der Waals surface area contributed by atoms with E-state index in [2.05, 4.69) is 0 Å². The van der Waals surface area contributed by atoms with E-state index in [0.717, 1.165) is 0 Å². The number of hydrogen-bond acceptors (Lipinski definition) is 6. The standard InChI is InChI=1S/C11H12O6/c1-16-10-6(4-12)8(13)7-5(9(10)14)2-3-17-11(7)15/h12-14H,2-4H2,1H3. The lowest BCUT2D eigenvalue weighted by atomic mass is 9.96. The van der Waals surface area contributed by atoms with Crippen molar-refractivity contribution in [3.8, 4) is 17.2 Å². The van der Waals surface area contributed by atoms with E-state index in [1.54, 1.807) is 0 Å². The van der Waals surface area contributed by atoms with Gasteiger partial charge in [-0.1, -0.05) is 0 Å². The molecule has 0 saturated carbocycles. The third-order valence-corrected chi connectivity index (χ3v) is 2.75. The molecule has 6 nitrogen and oxygen atoms in total. The van der Waals surface area contributed by atoms with Crippen LogP contribution in [-0.2, 0) is 17.8 Å². The van der Waals surface area contributed by atoms with Gasteiger partial charge >= 0.3 is 5.97 Å². The molecule has 0 spiro atoms. The van der Waals surface area contributed by atoms with Crippen LogP contribution in [0.5, 0.6) is 17.2 Å². The fourth-order valence-corrected chi connectivity index (χ4v) is 1.95. The van der Waals surface area contributed by atoms with Crippen molar-refractivity contribution >= 4 is 5.97 Å². The van der Waals surface area contributed by atoms with Gasteiger partial charge in [0.15, 0.2) is 11.5 Å². The molecule has 1 aliphatic heterocycles. The van der Waals surface area contributed by atoms with Crippen molar-refractivity contribution < 1.29 is 29.6 Å². The minimum Gasteiger partial charge on any atom is -0.507 e. The second-order valence-corrected chi connectivity index (χ2v) is 3.61. The fourth-order valence-electron chi connectivity index (χ4n) is 1.95. The van der Waals surface area contributed by atoms with E-state index in [-0.39, 0.29) is 34.8 Å². The number of hydrogen-bond donors (Lipinski definition) is 3. The number of carbonyl (C=O) groups excluding carboxylic acids is 1. The van der Waals surface area contributed by atoms with Crippen LogP contribution < -0.4 is 4.74 Å². The van der Waals surface area contributed by atoms with Crippen molar-refractivity contribution in [2.75, 3.05) is 13.7 Å². The Balaban J connectivity index is 2.78. The van der Waals surface area contributed by atoms with E-state index in [9.17, 15) is 15.0 Å². The van der Waals surface area contributed by atoms with Crippen LogP contribution in [0.1, 0.15) is 21.5 Å². The molecule has 1 aromatic rings. The summed E-state index contributed by atoms with van der Waals surface area (Å²) in [6.45, 7) is -0.413. The van der Waals surface area contributed by atoms with Gasteiger partial charge in [0.1, 0.15) is 11.3 Å². The maximum atomic E-state index is 11.5. The lowest BCUT2D eigenvalue weighted by Gasteiger charge is -2.21. The third-order valence-electron chi connectivity index (χ3n) is 2.75. The maximum absolute atomic E-state index is 11.5. The number of benzene rings is 1. The van der Waals surface area contributed by atoms with Crippen molar-refractivity contribution in [1.82, 2.24) is 0 Å². The molecule has 0 fully saturated rings. The van der Waals surface area contributed by atoms with E-state index >= 15 is 0 Å². The number of aliphatic hydroxyl groups excluding tert-OH is 1. The molecule has 1 heterocycles.